The monoisotopic (exact) mass is 262 g/mol. The van der Waals surface area contributed by atoms with Gasteiger partial charge in [-0.2, -0.15) is 0 Å². The summed E-state index contributed by atoms with van der Waals surface area (Å²) in [5.74, 6) is 0.0903. The predicted octanol–water partition coefficient (Wildman–Crippen LogP) is 2.95. The van der Waals surface area contributed by atoms with Crippen molar-refractivity contribution in [2.24, 2.45) is 0 Å². The molecule has 0 heterocycles. The SMILES string of the molecule is Cc1ccccc1[C@H](C)NC(=O)CCNC(C)(C)C. The van der Waals surface area contributed by atoms with E-state index in [0.717, 1.165) is 0 Å². The summed E-state index contributed by atoms with van der Waals surface area (Å²) in [6, 6.07) is 8.21. The Bertz CT molecular complexity index is 421. The van der Waals surface area contributed by atoms with Crippen molar-refractivity contribution in [3.63, 3.8) is 0 Å². The molecule has 3 nitrogen and oxygen atoms in total. The Morgan fingerprint density at radius 3 is 2.47 bits per heavy atom. The highest BCUT2D eigenvalue weighted by atomic mass is 16.1. The van der Waals surface area contributed by atoms with Crippen molar-refractivity contribution in [1.29, 1.82) is 0 Å². The Balaban J connectivity index is 2.43. The van der Waals surface area contributed by atoms with Crippen LogP contribution < -0.4 is 10.6 Å². The number of aryl methyl sites for hydroxylation is 1. The van der Waals surface area contributed by atoms with Gasteiger partial charge in [0.1, 0.15) is 0 Å². The Labute approximate surface area is 116 Å². The molecule has 0 unspecified atom stereocenters. The first-order chi connectivity index (χ1) is 8.79. The third-order valence-corrected chi connectivity index (χ3v) is 3.04. The van der Waals surface area contributed by atoms with Gasteiger partial charge in [0.05, 0.1) is 6.04 Å². The fourth-order valence-corrected chi connectivity index (χ4v) is 2.02. The molecule has 0 bridgehead atoms. The van der Waals surface area contributed by atoms with Gasteiger partial charge >= 0.3 is 0 Å². The van der Waals surface area contributed by atoms with E-state index in [-0.39, 0.29) is 17.5 Å². The van der Waals surface area contributed by atoms with Crippen LogP contribution in [0.5, 0.6) is 0 Å². The summed E-state index contributed by atoms with van der Waals surface area (Å²) in [6.45, 7) is 11.1. The minimum absolute atomic E-state index is 0.0575. The second-order valence-corrected chi connectivity index (χ2v) is 6.07. The van der Waals surface area contributed by atoms with Crippen molar-refractivity contribution in [3.05, 3.63) is 35.4 Å². The van der Waals surface area contributed by atoms with Crippen LogP contribution in [0, 0.1) is 6.92 Å². The van der Waals surface area contributed by atoms with Gasteiger partial charge in [0.2, 0.25) is 5.91 Å². The maximum absolute atomic E-state index is 11.9. The van der Waals surface area contributed by atoms with Crippen LogP contribution in [0.3, 0.4) is 0 Å². The zero-order valence-corrected chi connectivity index (χ0v) is 12.7. The molecule has 3 heteroatoms. The fraction of sp³-hybridized carbons (Fsp3) is 0.562. The zero-order valence-electron chi connectivity index (χ0n) is 12.7. The zero-order chi connectivity index (χ0) is 14.5. The summed E-state index contributed by atoms with van der Waals surface area (Å²) >= 11 is 0. The highest BCUT2D eigenvalue weighted by Crippen LogP contribution is 2.16. The molecule has 0 aliphatic rings. The lowest BCUT2D eigenvalue weighted by Gasteiger charge is -2.21. The molecule has 0 spiro atoms. The number of carbonyl (C=O) groups is 1. The van der Waals surface area contributed by atoms with Crippen molar-refractivity contribution in [1.82, 2.24) is 10.6 Å². The molecule has 0 aliphatic carbocycles. The summed E-state index contributed by atoms with van der Waals surface area (Å²) in [5.41, 5.74) is 2.45. The molecule has 106 valence electrons. The van der Waals surface area contributed by atoms with E-state index in [4.69, 9.17) is 0 Å². The van der Waals surface area contributed by atoms with Crippen LogP contribution in [0.25, 0.3) is 0 Å². The van der Waals surface area contributed by atoms with Gasteiger partial charge in [-0.15, -0.1) is 0 Å². The highest BCUT2D eigenvalue weighted by Gasteiger charge is 2.13. The number of benzene rings is 1. The Kier molecular flexibility index (Phi) is 5.55. The van der Waals surface area contributed by atoms with Gasteiger partial charge < -0.3 is 10.6 Å². The van der Waals surface area contributed by atoms with Crippen LogP contribution in [0.2, 0.25) is 0 Å². The van der Waals surface area contributed by atoms with E-state index < -0.39 is 0 Å². The molecule has 1 atom stereocenters. The molecule has 2 N–H and O–H groups in total. The lowest BCUT2D eigenvalue weighted by molar-refractivity contribution is -0.121. The smallest absolute Gasteiger partial charge is 0.221 e. The van der Waals surface area contributed by atoms with Crippen LogP contribution in [0.1, 0.15) is 51.3 Å². The minimum Gasteiger partial charge on any atom is -0.350 e. The van der Waals surface area contributed by atoms with Crippen molar-refractivity contribution in [2.75, 3.05) is 6.54 Å². The molecule has 0 saturated carbocycles. The lowest BCUT2D eigenvalue weighted by atomic mass is 10.0. The van der Waals surface area contributed by atoms with Crippen molar-refractivity contribution in [2.45, 2.75) is 52.6 Å². The molecule has 1 amide bonds. The molecule has 0 aliphatic heterocycles. The molecule has 19 heavy (non-hydrogen) atoms. The molecule has 1 aromatic carbocycles. The molecule has 0 radical (unpaired) electrons. The van der Waals surface area contributed by atoms with E-state index in [2.05, 4.69) is 50.5 Å². The van der Waals surface area contributed by atoms with Gasteiger partial charge in [0.25, 0.3) is 0 Å². The maximum atomic E-state index is 11.9. The summed E-state index contributed by atoms with van der Waals surface area (Å²) in [5, 5.41) is 6.36. The van der Waals surface area contributed by atoms with Crippen LogP contribution in [-0.4, -0.2) is 18.0 Å². The summed E-state index contributed by atoms with van der Waals surface area (Å²) in [6.07, 6.45) is 0.507. The molecule has 0 fully saturated rings. The van der Waals surface area contributed by atoms with Gasteiger partial charge in [-0.1, -0.05) is 24.3 Å². The maximum Gasteiger partial charge on any atom is 0.221 e. The van der Waals surface area contributed by atoms with Gasteiger partial charge in [-0.05, 0) is 45.7 Å². The van der Waals surface area contributed by atoms with E-state index in [9.17, 15) is 4.79 Å². The quantitative estimate of drug-likeness (QED) is 0.856. The molecule has 0 aromatic heterocycles. The normalized spacial score (nSPS) is 13.1. The summed E-state index contributed by atoms with van der Waals surface area (Å²) in [7, 11) is 0. The summed E-state index contributed by atoms with van der Waals surface area (Å²) < 4.78 is 0. The van der Waals surface area contributed by atoms with Crippen LogP contribution in [-0.2, 0) is 4.79 Å². The van der Waals surface area contributed by atoms with E-state index in [1.54, 1.807) is 0 Å². The third kappa shape index (κ3) is 5.88. The van der Waals surface area contributed by atoms with Gasteiger partial charge in [-0.25, -0.2) is 0 Å². The largest absolute Gasteiger partial charge is 0.350 e. The average Bonchev–Trinajstić information content (AvgIpc) is 2.27. The Morgan fingerprint density at radius 1 is 1.26 bits per heavy atom. The van der Waals surface area contributed by atoms with Crippen LogP contribution in [0.4, 0.5) is 0 Å². The Hall–Kier alpha value is -1.35. The second-order valence-electron chi connectivity index (χ2n) is 6.07. The van der Waals surface area contributed by atoms with E-state index in [1.165, 1.54) is 11.1 Å². The number of amides is 1. The van der Waals surface area contributed by atoms with Crippen LogP contribution >= 0.6 is 0 Å². The molecular formula is C16H26N2O. The minimum atomic E-state index is 0.0575. The lowest BCUT2D eigenvalue weighted by Crippen LogP contribution is -2.38. The van der Waals surface area contributed by atoms with Crippen molar-refractivity contribution >= 4 is 5.91 Å². The molecule has 1 aromatic rings. The predicted molar refractivity (Wildman–Crippen MR) is 80.1 cm³/mol. The van der Waals surface area contributed by atoms with Gasteiger partial charge in [0.15, 0.2) is 0 Å². The molecular weight excluding hydrogens is 236 g/mol. The van der Waals surface area contributed by atoms with Gasteiger partial charge in [0, 0.05) is 18.5 Å². The highest BCUT2D eigenvalue weighted by molar-refractivity contribution is 5.76. The molecule has 1 rings (SSSR count). The Morgan fingerprint density at radius 2 is 1.89 bits per heavy atom. The van der Waals surface area contributed by atoms with Crippen molar-refractivity contribution < 1.29 is 4.79 Å². The summed E-state index contributed by atoms with van der Waals surface area (Å²) in [4.78, 5) is 11.9. The van der Waals surface area contributed by atoms with E-state index in [0.29, 0.717) is 13.0 Å². The first-order valence-corrected chi connectivity index (χ1v) is 6.89. The second kappa shape index (κ2) is 6.71. The van der Waals surface area contributed by atoms with Gasteiger partial charge in [-0.3, -0.25) is 4.79 Å². The van der Waals surface area contributed by atoms with E-state index in [1.807, 2.05) is 19.1 Å². The number of carbonyl (C=O) groups excluding carboxylic acids is 1. The number of hydrogen-bond donors (Lipinski definition) is 2. The molecule has 0 saturated heterocycles. The topological polar surface area (TPSA) is 41.1 Å². The first-order valence-electron chi connectivity index (χ1n) is 6.89. The number of rotatable bonds is 5. The van der Waals surface area contributed by atoms with Crippen molar-refractivity contribution in [3.8, 4) is 0 Å². The number of nitrogens with one attached hydrogen (secondary N) is 2. The third-order valence-electron chi connectivity index (χ3n) is 3.04. The first kappa shape index (κ1) is 15.7. The van der Waals surface area contributed by atoms with Crippen LogP contribution in [0.15, 0.2) is 24.3 Å². The fourth-order valence-electron chi connectivity index (χ4n) is 2.02. The number of hydrogen-bond acceptors (Lipinski definition) is 2. The van der Waals surface area contributed by atoms with E-state index >= 15 is 0 Å². The average molecular weight is 262 g/mol. The standard InChI is InChI=1S/C16H26N2O/c1-12-8-6-7-9-14(12)13(2)18-15(19)10-11-17-16(3,4)5/h6-9,13,17H,10-11H2,1-5H3,(H,18,19)/t13-/m0/s1.